The molecule has 4 aromatic rings. The second-order valence-corrected chi connectivity index (χ2v) is 22.1. The molecular weight excluding hydrogens is 937 g/mol. The van der Waals surface area contributed by atoms with E-state index >= 15 is 9.59 Å². The molecule has 1 aliphatic carbocycles. The zero-order valence-corrected chi connectivity index (χ0v) is 44.6. The molecule has 0 unspecified atom stereocenters. The fourth-order valence-electron chi connectivity index (χ4n) is 10.3. The Morgan fingerprint density at radius 3 is 2.04 bits per heavy atom. The molecular formula is C57H76N10O7. The first-order chi connectivity index (χ1) is 35.2. The van der Waals surface area contributed by atoms with Gasteiger partial charge in [-0.15, -0.1) is 6.58 Å². The maximum absolute atomic E-state index is 15.4. The molecule has 4 N–H and O–H groups in total. The minimum atomic E-state index is -1.24. The summed E-state index contributed by atoms with van der Waals surface area (Å²) in [7, 11) is 3.05. The first kappa shape index (κ1) is 54.9. The van der Waals surface area contributed by atoms with Crippen molar-refractivity contribution in [2.75, 3.05) is 20.6 Å². The van der Waals surface area contributed by atoms with Crippen LogP contribution in [0.5, 0.6) is 0 Å². The van der Waals surface area contributed by atoms with Gasteiger partial charge in [0.2, 0.25) is 41.4 Å². The summed E-state index contributed by atoms with van der Waals surface area (Å²) in [4.78, 5) is 109. The average Bonchev–Trinajstić information content (AvgIpc) is 4.11. The number of rotatable bonds is 12. The van der Waals surface area contributed by atoms with Crippen molar-refractivity contribution in [2.45, 2.75) is 154 Å². The van der Waals surface area contributed by atoms with E-state index in [0.29, 0.717) is 18.4 Å². The molecule has 7 amide bonds. The molecule has 2 aromatic carbocycles. The van der Waals surface area contributed by atoms with Crippen LogP contribution in [0.25, 0.3) is 21.7 Å². The Bertz CT molecular complexity index is 2780. The summed E-state index contributed by atoms with van der Waals surface area (Å²) in [6, 6.07) is 5.51. The van der Waals surface area contributed by atoms with Crippen molar-refractivity contribution < 1.29 is 33.6 Å². The summed E-state index contributed by atoms with van der Waals surface area (Å²) in [5, 5.41) is 22.4. The number of likely N-dealkylation sites (N-methyl/N-ethyl adjacent to an activating group) is 2. The number of nitrogens with zero attached hydrogens (tertiary/aromatic N) is 6. The highest BCUT2D eigenvalue weighted by molar-refractivity contribution is 5.99. The van der Waals surface area contributed by atoms with Crippen molar-refractivity contribution >= 4 is 63.0 Å². The number of para-hydroxylation sites is 1. The maximum Gasteiger partial charge on any atom is 0.246 e. The van der Waals surface area contributed by atoms with Crippen molar-refractivity contribution in [3.8, 4) is 0 Å². The molecule has 3 aliphatic rings. The Morgan fingerprint density at radius 1 is 0.716 bits per heavy atom. The van der Waals surface area contributed by atoms with Gasteiger partial charge in [0.15, 0.2) is 0 Å². The third-order valence-electron chi connectivity index (χ3n) is 14.9. The number of amides is 7. The number of hydrogen-bond acceptors (Lipinski definition) is 9. The zero-order valence-electron chi connectivity index (χ0n) is 44.6. The first-order valence-electron chi connectivity index (χ1n) is 26.3. The molecule has 17 nitrogen and oxygen atoms in total. The van der Waals surface area contributed by atoms with Crippen molar-refractivity contribution in [1.29, 1.82) is 0 Å². The van der Waals surface area contributed by atoms with Gasteiger partial charge in [0.25, 0.3) is 0 Å². The summed E-state index contributed by atoms with van der Waals surface area (Å²) in [6.07, 6.45) is 14.0. The minimum absolute atomic E-state index is 0.00393. The van der Waals surface area contributed by atoms with Crippen molar-refractivity contribution in [3.05, 3.63) is 97.0 Å². The number of benzene rings is 2. The van der Waals surface area contributed by atoms with Crippen LogP contribution >= 0.6 is 0 Å². The predicted molar refractivity (Wildman–Crippen MR) is 285 cm³/mol. The van der Waals surface area contributed by atoms with Gasteiger partial charge in [0.05, 0.1) is 17.9 Å². The van der Waals surface area contributed by atoms with E-state index in [2.05, 4.69) is 42.6 Å². The smallest absolute Gasteiger partial charge is 0.246 e. The van der Waals surface area contributed by atoms with Crippen molar-refractivity contribution in [2.24, 2.45) is 17.8 Å². The third kappa shape index (κ3) is 12.9. The average molecular weight is 1010 g/mol. The van der Waals surface area contributed by atoms with E-state index < -0.39 is 89.2 Å². The van der Waals surface area contributed by atoms with Gasteiger partial charge in [0.1, 0.15) is 42.3 Å². The lowest BCUT2D eigenvalue weighted by molar-refractivity contribution is -0.150. The monoisotopic (exact) mass is 1010 g/mol. The van der Waals surface area contributed by atoms with Crippen LogP contribution in [0, 0.1) is 17.8 Å². The number of nitrogens with one attached hydrogen (secondary N) is 4. The van der Waals surface area contributed by atoms with Crippen LogP contribution in [-0.2, 0) is 51.9 Å². The van der Waals surface area contributed by atoms with Crippen LogP contribution in [0.2, 0.25) is 0 Å². The fourth-order valence-corrected chi connectivity index (χ4v) is 10.3. The predicted octanol–water partition coefficient (Wildman–Crippen LogP) is 5.36. The Hall–Kier alpha value is -6.91. The van der Waals surface area contributed by atoms with Gasteiger partial charge in [-0.2, -0.15) is 10.2 Å². The highest BCUT2D eigenvalue weighted by atomic mass is 16.2. The van der Waals surface area contributed by atoms with Crippen molar-refractivity contribution in [3.63, 3.8) is 0 Å². The summed E-state index contributed by atoms with van der Waals surface area (Å²) in [6.45, 7) is 17.6. The largest absolute Gasteiger partial charge is 0.343 e. The molecule has 2 aromatic heterocycles. The maximum atomic E-state index is 15.4. The fraction of sp³-hybridized carbons (Fsp3) is 0.526. The first-order valence-corrected chi connectivity index (χ1v) is 26.3. The van der Waals surface area contributed by atoms with E-state index in [1.807, 2.05) is 108 Å². The number of carbonyl (C=O) groups is 7. The molecule has 17 heteroatoms. The van der Waals surface area contributed by atoms with Crippen molar-refractivity contribution in [1.82, 2.24) is 50.7 Å². The number of aromatic nitrogens is 3. The van der Waals surface area contributed by atoms with Crippen LogP contribution in [0.4, 0.5) is 0 Å². The minimum Gasteiger partial charge on any atom is -0.343 e. The molecule has 4 heterocycles. The van der Waals surface area contributed by atoms with Gasteiger partial charge in [-0.1, -0.05) is 89.1 Å². The third-order valence-corrected chi connectivity index (χ3v) is 14.9. The van der Waals surface area contributed by atoms with E-state index in [0.717, 1.165) is 40.1 Å². The molecule has 0 spiro atoms. The summed E-state index contributed by atoms with van der Waals surface area (Å²) in [5.74, 6) is -3.88. The van der Waals surface area contributed by atoms with Gasteiger partial charge in [0, 0.05) is 61.4 Å². The molecule has 2 bridgehead atoms. The summed E-state index contributed by atoms with van der Waals surface area (Å²) in [5.41, 5.74) is 1.82. The van der Waals surface area contributed by atoms with Crippen LogP contribution in [0.15, 0.2) is 85.9 Å². The van der Waals surface area contributed by atoms with E-state index in [1.165, 1.54) is 35.7 Å². The molecule has 7 atom stereocenters. The SMILES string of the molecule is C=CC(C)(C)n1cc(C[C@@H]2NC(=O)[C@H](CC3CC3)NC(=O)[C@H](CC(C)C)N3CC/C=C\C[C@@H](C3=O)N(C)C(=O)[C@H](C)NC(=O)[C@H](Cc3ccc4cnncc4c3)NC(=O)[C@H](CC(C)C)N(C)C2=O)c2ccccc21. The lowest BCUT2D eigenvalue weighted by Gasteiger charge is -2.38. The molecule has 2 aliphatic heterocycles. The van der Waals surface area contributed by atoms with Crippen LogP contribution in [-0.4, -0.2) is 134 Å². The Labute approximate surface area is 435 Å². The topological polar surface area (TPSA) is 208 Å². The van der Waals surface area contributed by atoms with Crippen LogP contribution < -0.4 is 21.3 Å². The number of carbonyl (C=O) groups excluding carboxylic acids is 7. The van der Waals surface area contributed by atoms with E-state index in [1.54, 1.807) is 12.4 Å². The Morgan fingerprint density at radius 2 is 1.35 bits per heavy atom. The molecule has 0 radical (unpaired) electrons. The normalized spacial score (nSPS) is 25.0. The standard InChI is InChI=1S/C57H76N10O7/c1-11-57(7,8)67-33-41(42-17-14-15-18-46(42)67)30-45-55(73)65(10)48(25-34(2)3)52(70)61-44(29-38-22-23-39-31-58-59-32-40(39)27-38)50(68)60-36(6)54(72)64(9)47-19-13-12-16-24-66(56(47)74)49(26-35(4)5)53(71)62-43(51(69)63-45)28-37-20-21-37/h11-15,17-18,22-23,27,31-37,43-45,47-49H,1,16,19-21,24-26,28-30H2,2-10H3,(H,60,68)(H,61,70)(H,62,71)(H,63,69)/b13-12-/t36-,43-,44-,45-,47-,48-,49-/m0/s1. The lowest BCUT2D eigenvalue weighted by Crippen LogP contribution is -2.61. The number of hydrogen-bond donors (Lipinski definition) is 4. The molecule has 1 saturated carbocycles. The highest BCUT2D eigenvalue weighted by Gasteiger charge is 2.42. The summed E-state index contributed by atoms with van der Waals surface area (Å²) < 4.78 is 2.08. The number of fused-ring (bicyclic) bond motifs is 4. The second-order valence-electron chi connectivity index (χ2n) is 22.1. The van der Waals surface area contributed by atoms with Crippen LogP contribution in [0.3, 0.4) is 0 Å². The van der Waals surface area contributed by atoms with E-state index in [4.69, 9.17) is 0 Å². The molecule has 74 heavy (non-hydrogen) atoms. The Kier molecular flexibility index (Phi) is 17.4. The Balaban J connectivity index is 1.35. The van der Waals surface area contributed by atoms with Crippen LogP contribution in [0.1, 0.15) is 105 Å². The highest BCUT2D eigenvalue weighted by Crippen LogP contribution is 2.34. The molecule has 396 valence electrons. The van der Waals surface area contributed by atoms with Gasteiger partial charge in [-0.3, -0.25) is 33.6 Å². The van der Waals surface area contributed by atoms with Gasteiger partial charge in [-0.05, 0) is 93.9 Å². The van der Waals surface area contributed by atoms with E-state index in [-0.39, 0.29) is 56.4 Å². The second kappa shape index (κ2) is 23.5. The van der Waals surface area contributed by atoms with Gasteiger partial charge >= 0.3 is 0 Å². The van der Waals surface area contributed by atoms with E-state index in [9.17, 15) is 24.0 Å². The quantitative estimate of drug-likeness (QED) is 0.135. The molecule has 1 saturated heterocycles. The van der Waals surface area contributed by atoms with Gasteiger partial charge < -0.3 is 40.5 Å². The molecule has 7 rings (SSSR count). The summed E-state index contributed by atoms with van der Waals surface area (Å²) >= 11 is 0. The van der Waals surface area contributed by atoms with Gasteiger partial charge in [-0.25, -0.2) is 0 Å². The lowest BCUT2D eigenvalue weighted by atomic mass is 9.97. The number of allylic oxidation sites excluding steroid dienone is 1. The molecule has 2 fully saturated rings. The zero-order chi connectivity index (χ0) is 53.6.